The van der Waals surface area contributed by atoms with Gasteiger partial charge >= 0.3 is 5.97 Å². The molecule has 19 heavy (non-hydrogen) atoms. The largest absolute Gasteiger partial charge is 0.497 e. The van der Waals surface area contributed by atoms with Crippen LogP contribution in [-0.2, 0) is 20.3 Å². The first-order valence-electron chi connectivity index (χ1n) is 5.97. The average molecular weight is 283 g/mol. The summed E-state index contributed by atoms with van der Waals surface area (Å²) in [7, 11) is 1.92. The normalized spacial score (nSPS) is 26.7. The van der Waals surface area contributed by atoms with Crippen LogP contribution < -0.4 is 10.1 Å². The van der Waals surface area contributed by atoms with Gasteiger partial charge < -0.3 is 9.47 Å². The van der Waals surface area contributed by atoms with E-state index in [4.69, 9.17) is 9.47 Å². The van der Waals surface area contributed by atoms with Gasteiger partial charge in [-0.2, -0.15) is 0 Å². The number of rotatable bonds is 3. The van der Waals surface area contributed by atoms with Gasteiger partial charge in [-0.15, -0.1) is 0 Å². The number of benzene rings is 1. The first-order valence-corrected chi connectivity index (χ1v) is 7.45. The molecule has 1 saturated heterocycles. The van der Waals surface area contributed by atoms with Crippen molar-refractivity contribution >= 4 is 16.8 Å². The highest BCUT2D eigenvalue weighted by molar-refractivity contribution is 7.85. The molecule has 1 aromatic rings. The van der Waals surface area contributed by atoms with Gasteiger partial charge in [0.05, 0.1) is 14.2 Å². The fourth-order valence-corrected chi connectivity index (χ4v) is 3.49. The Labute approximate surface area is 114 Å². The maximum absolute atomic E-state index is 11.8. The molecule has 1 fully saturated rings. The second kappa shape index (κ2) is 6.16. The van der Waals surface area contributed by atoms with E-state index >= 15 is 0 Å². The molecule has 0 radical (unpaired) electrons. The van der Waals surface area contributed by atoms with Gasteiger partial charge in [-0.05, 0) is 17.7 Å². The molecule has 1 aromatic carbocycles. The Morgan fingerprint density at radius 3 is 2.53 bits per heavy atom. The molecule has 0 bridgehead atoms. The third-order valence-corrected chi connectivity index (χ3v) is 4.52. The molecule has 5 nitrogen and oxygen atoms in total. The molecule has 1 aliphatic heterocycles. The molecule has 6 heteroatoms. The maximum Gasteiger partial charge on any atom is 0.323 e. The van der Waals surface area contributed by atoms with E-state index in [1.165, 1.54) is 7.11 Å². The summed E-state index contributed by atoms with van der Waals surface area (Å²) < 4.78 is 21.6. The van der Waals surface area contributed by atoms with Crippen molar-refractivity contribution in [3.63, 3.8) is 0 Å². The van der Waals surface area contributed by atoms with Gasteiger partial charge in [0.2, 0.25) is 0 Å². The first kappa shape index (κ1) is 14.0. The third-order valence-electron chi connectivity index (χ3n) is 3.11. The van der Waals surface area contributed by atoms with Crippen LogP contribution >= 0.6 is 0 Å². The minimum absolute atomic E-state index is 0.107. The maximum atomic E-state index is 11.8. The lowest BCUT2D eigenvalue weighted by Crippen LogP contribution is -2.49. The molecular weight excluding hydrogens is 266 g/mol. The van der Waals surface area contributed by atoms with Crippen molar-refractivity contribution in [3.8, 4) is 5.75 Å². The summed E-state index contributed by atoms with van der Waals surface area (Å²) in [5.74, 6) is 1.20. The van der Waals surface area contributed by atoms with Crippen molar-refractivity contribution in [2.24, 2.45) is 0 Å². The highest BCUT2D eigenvalue weighted by Gasteiger charge is 2.31. The Bertz CT molecular complexity index is 474. The van der Waals surface area contributed by atoms with E-state index in [1.807, 2.05) is 24.3 Å². The molecule has 0 spiro atoms. The Kier molecular flexibility index (Phi) is 4.55. The lowest BCUT2D eigenvalue weighted by Gasteiger charge is -2.29. The van der Waals surface area contributed by atoms with Crippen LogP contribution in [0, 0.1) is 0 Å². The van der Waals surface area contributed by atoms with Crippen LogP contribution in [-0.4, -0.2) is 41.9 Å². The number of hydrogen-bond donors (Lipinski definition) is 1. The summed E-state index contributed by atoms with van der Waals surface area (Å²) in [6.45, 7) is 0. The van der Waals surface area contributed by atoms with Crippen LogP contribution in [0.3, 0.4) is 0 Å². The minimum atomic E-state index is -1.02. The van der Waals surface area contributed by atoms with E-state index < -0.39 is 16.8 Å². The lowest BCUT2D eigenvalue weighted by molar-refractivity contribution is -0.142. The first-order chi connectivity index (χ1) is 9.13. The molecule has 104 valence electrons. The average Bonchev–Trinajstić information content (AvgIpc) is 2.45. The zero-order valence-corrected chi connectivity index (χ0v) is 11.7. The number of methoxy groups -OCH3 is 2. The fraction of sp³-hybridized carbons (Fsp3) is 0.462. The molecule has 0 aromatic heterocycles. The van der Waals surface area contributed by atoms with Crippen LogP contribution in [0.15, 0.2) is 24.3 Å². The number of carbonyl (C=O) groups excluding carboxylic acids is 1. The molecule has 0 saturated carbocycles. The highest BCUT2D eigenvalue weighted by atomic mass is 32.2. The van der Waals surface area contributed by atoms with Gasteiger partial charge in [0.25, 0.3) is 0 Å². The number of ether oxygens (including phenoxy) is 2. The van der Waals surface area contributed by atoms with Crippen LogP contribution in [0.4, 0.5) is 0 Å². The molecule has 2 rings (SSSR count). The summed E-state index contributed by atoms with van der Waals surface area (Å²) in [6.07, 6.45) is 0. The molecule has 1 heterocycles. The Morgan fingerprint density at radius 2 is 1.95 bits per heavy atom. The summed E-state index contributed by atoms with van der Waals surface area (Å²) in [4.78, 5) is 11.6. The molecule has 3 atom stereocenters. The quantitative estimate of drug-likeness (QED) is 0.824. The van der Waals surface area contributed by atoms with E-state index in [1.54, 1.807) is 7.11 Å². The van der Waals surface area contributed by atoms with Crippen molar-refractivity contribution in [2.75, 3.05) is 25.7 Å². The second-order valence-electron chi connectivity index (χ2n) is 4.34. The molecule has 1 aliphatic rings. The molecule has 1 N–H and O–H groups in total. The predicted molar refractivity (Wildman–Crippen MR) is 72.6 cm³/mol. The minimum Gasteiger partial charge on any atom is -0.497 e. The van der Waals surface area contributed by atoms with Crippen LogP contribution in [0.25, 0.3) is 0 Å². The second-order valence-corrected chi connectivity index (χ2v) is 5.89. The molecular formula is C13H17NO4S. The smallest absolute Gasteiger partial charge is 0.323 e. The predicted octanol–water partition coefficient (Wildman–Crippen LogP) is 0.630. The summed E-state index contributed by atoms with van der Waals surface area (Å²) in [5, 5.41) is 3.18. The standard InChI is InChI=1S/C13H17NO4S/c1-17-10-5-3-9(4-6-10)11-7-19(16)8-12(14-11)13(15)18-2/h3-6,11-12,14H,7-8H2,1-2H3. The summed E-state index contributed by atoms with van der Waals surface area (Å²) in [6, 6.07) is 6.90. The zero-order valence-electron chi connectivity index (χ0n) is 10.9. The number of esters is 1. The monoisotopic (exact) mass is 283 g/mol. The van der Waals surface area contributed by atoms with Gasteiger partial charge in [0, 0.05) is 28.3 Å². The van der Waals surface area contributed by atoms with E-state index in [-0.39, 0.29) is 12.0 Å². The topological polar surface area (TPSA) is 64.6 Å². The van der Waals surface area contributed by atoms with Crippen molar-refractivity contribution in [2.45, 2.75) is 12.1 Å². The zero-order chi connectivity index (χ0) is 13.8. The van der Waals surface area contributed by atoms with Gasteiger partial charge in [0.1, 0.15) is 11.8 Å². The number of hydrogen-bond acceptors (Lipinski definition) is 5. The van der Waals surface area contributed by atoms with Crippen molar-refractivity contribution in [3.05, 3.63) is 29.8 Å². The lowest BCUT2D eigenvalue weighted by atomic mass is 10.1. The summed E-state index contributed by atoms with van der Waals surface area (Å²) in [5.41, 5.74) is 0.989. The van der Waals surface area contributed by atoms with Gasteiger partial charge in [-0.3, -0.25) is 14.3 Å². The fourth-order valence-electron chi connectivity index (χ4n) is 2.09. The molecule has 0 amide bonds. The van der Waals surface area contributed by atoms with E-state index in [9.17, 15) is 9.00 Å². The van der Waals surface area contributed by atoms with Crippen molar-refractivity contribution < 1.29 is 18.5 Å². The number of nitrogens with one attached hydrogen (secondary N) is 1. The molecule has 0 aliphatic carbocycles. The van der Waals surface area contributed by atoms with Crippen LogP contribution in [0.1, 0.15) is 11.6 Å². The van der Waals surface area contributed by atoms with Crippen LogP contribution in [0.2, 0.25) is 0 Å². The Balaban J connectivity index is 2.14. The third kappa shape index (κ3) is 3.33. The SMILES string of the molecule is COC(=O)C1CS(=O)CC(c2ccc(OC)cc2)N1. The van der Waals surface area contributed by atoms with E-state index in [2.05, 4.69) is 5.32 Å². The van der Waals surface area contributed by atoms with Crippen molar-refractivity contribution in [1.29, 1.82) is 0 Å². The Hall–Kier alpha value is -1.40. The number of carbonyl (C=O) groups is 1. The van der Waals surface area contributed by atoms with Gasteiger partial charge in [0.15, 0.2) is 0 Å². The van der Waals surface area contributed by atoms with Crippen molar-refractivity contribution in [1.82, 2.24) is 5.32 Å². The van der Waals surface area contributed by atoms with E-state index in [0.29, 0.717) is 11.5 Å². The van der Waals surface area contributed by atoms with E-state index in [0.717, 1.165) is 11.3 Å². The van der Waals surface area contributed by atoms with Gasteiger partial charge in [-0.25, -0.2) is 0 Å². The van der Waals surface area contributed by atoms with Crippen LogP contribution in [0.5, 0.6) is 5.75 Å². The van der Waals surface area contributed by atoms with Gasteiger partial charge in [-0.1, -0.05) is 12.1 Å². The highest BCUT2D eigenvalue weighted by Crippen LogP contribution is 2.22. The molecule has 3 unspecified atom stereocenters. The summed E-state index contributed by atoms with van der Waals surface area (Å²) >= 11 is 0. The Morgan fingerprint density at radius 1 is 1.26 bits per heavy atom.